The molecule has 3 aromatic rings. The van der Waals surface area contributed by atoms with Gasteiger partial charge in [-0.2, -0.15) is 13.2 Å². The van der Waals surface area contributed by atoms with Gasteiger partial charge in [0.25, 0.3) is 0 Å². The molecule has 1 atom stereocenters. The number of fused-ring (bicyclic) bond motifs is 1. The molecule has 1 amide bonds. The molecule has 0 saturated heterocycles. The summed E-state index contributed by atoms with van der Waals surface area (Å²) in [4.78, 5) is 22.1. The number of thiophene rings is 1. The largest absolute Gasteiger partial charge is 0.434 e. The van der Waals surface area contributed by atoms with E-state index in [4.69, 9.17) is 11.6 Å². The van der Waals surface area contributed by atoms with E-state index < -0.39 is 11.9 Å². The maximum absolute atomic E-state index is 13.6. The van der Waals surface area contributed by atoms with Crippen LogP contribution in [0.2, 0.25) is 4.34 Å². The highest BCUT2D eigenvalue weighted by Gasteiger charge is 2.37. The first-order valence-electron chi connectivity index (χ1n) is 8.95. The molecule has 0 bridgehead atoms. The smallest absolute Gasteiger partial charge is 0.333 e. The molecule has 1 aromatic carbocycles. The number of carbonyl (C=O) groups excluding carboxylic acids is 1. The van der Waals surface area contributed by atoms with Gasteiger partial charge in [0.05, 0.1) is 10.9 Å². The third-order valence-electron chi connectivity index (χ3n) is 5.02. The molecule has 154 valence electrons. The van der Waals surface area contributed by atoms with Crippen molar-refractivity contribution in [3.05, 3.63) is 81.5 Å². The molecule has 1 aliphatic heterocycles. The molecule has 2 aromatic heterocycles. The van der Waals surface area contributed by atoms with E-state index in [0.29, 0.717) is 28.6 Å². The summed E-state index contributed by atoms with van der Waals surface area (Å²) < 4.78 is 41.3. The van der Waals surface area contributed by atoms with E-state index in [-0.39, 0.29) is 17.4 Å². The van der Waals surface area contributed by atoms with Crippen LogP contribution in [0.5, 0.6) is 0 Å². The summed E-state index contributed by atoms with van der Waals surface area (Å²) in [6, 6.07) is 8.64. The topological polar surface area (TPSA) is 46.1 Å². The number of hydrogen-bond acceptors (Lipinski definition) is 4. The minimum atomic E-state index is -4.63. The van der Waals surface area contributed by atoms with Gasteiger partial charge in [-0.15, -0.1) is 11.3 Å². The Kier molecular flexibility index (Phi) is 5.38. The van der Waals surface area contributed by atoms with Crippen LogP contribution in [-0.4, -0.2) is 27.3 Å². The molecule has 0 N–H and O–H groups in total. The van der Waals surface area contributed by atoms with Crippen molar-refractivity contribution >= 4 is 28.8 Å². The Morgan fingerprint density at radius 1 is 1.27 bits per heavy atom. The maximum Gasteiger partial charge on any atom is 0.434 e. The van der Waals surface area contributed by atoms with Crippen LogP contribution in [0.1, 0.15) is 27.6 Å². The molecule has 4 rings (SSSR count). The fourth-order valence-electron chi connectivity index (χ4n) is 3.75. The summed E-state index contributed by atoms with van der Waals surface area (Å²) in [7, 11) is 0. The van der Waals surface area contributed by atoms with E-state index >= 15 is 0 Å². The average molecular weight is 450 g/mol. The van der Waals surface area contributed by atoms with Gasteiger partial charge in [0.2, 0.25) is 5.91 Å². The van der Waals surface area contributed by atoms with Crippen LogP contribution in [0.25, 0.3) is 11.1 Å². The van der Waals surface area contributed by atoms with Crippen LogP contribution in [0, 0.1) is 0 Å². The molecule has 0 saturated carbocycles. The first-order chi connectivity index (χ1) is 14.3. The molecule has 0 spiro atoms. The second-order valence-corrected chi connectivity index (χ2v) is 8.54. The van der Waals surface area contributed by atoms with Gasteiger partial charge in [-0.05, 0) is 28.8 Å². The maximum atomic E-state index is 13.6. The first kappa shape index (κ1) is 20.6. The molecule has 0 fully saturated rings. The molecule has 0 aliphatic carbocycles. The number of nitrogens with zero attached hydrogens (tertiary/aromatic N) is 3. The molecular weight excluding hydrogens is 435 g/mol. The SMILES string of the molecule is C=CC(=O)N1Cc2sc(Cl)cc2C(c2ccccc2-c2cncnc2C(F)(F)F)C1. The van der Waals surface area contributed by atoms with Crippen molar-refractivity contribution in [1.82, 2.24) is 14.9 Å². The Morgan fingerprint density at radius 3 is 2.77 bits per heavy atom. The van der Waals surface area contributed by atoms with Gasteiger partial charge in [0, 0.05) is 29.1 Å². The predicted octanol–water partition coefficient (Wildman–Crippen LogP) is 5.54. The van der Waals surface area contributed by atoms with Crippen LogP contribution in [0.3, 0.4) is 0 Å². The van der Waals surface area contributed by atoms with Crippen molar-refractivity contribution in [3.63, 3.8) is 0 Å². The molecule has 0 radical (unpaired) electrons. The van der Waals surface area contributed by atoms with E-state index in [2.05, 4.69) is 16.5 Å². The Balaban J connectivity index is 1.89. The number of amides is 1. The van der Waals surface area contributed by atoms with Crippen LogP contribution < -0.4 is 0 Å². The lowest BCUT2D eigenvalue weighted by Crippen LogP contribution is -2.37. The Morgan fingerprint density at radius 2 is 2.03 bits per heavy atom. The number of aromatic nitrogens is 2. The number of carbonyl (C=O) groups is 1. The number of rotatable bonds is 3. The zero-order valence-corrected chi connectivity index (χ0v) is 17.1. The molecule has 3 heterocycles. The third-order valence-corrected chi connectivity index (χ3v) is 6.28. The lowest BCUT2D eigenvalue weighted by atomic mass is 9.83. The van der Waals surface area contributed by atoms with E-state index in [1.807, 2.05) is 6.07 Å². The Labute approximate surface area is 179 Å². The van der Waals surface area contributed by atoms with Gasteiger partial charge in [0.1, 0.15) is 6.33 Å². The lowest BCUT2D eigenvalue weighted by molar-refractivity contribution is -0.140. The fraction of sp³-hybridized carbons (Fsp3) is 0.190. The normalized spacial score (nSPS) is 16.3. The van der Waals surface area contributed by atoms with Crippen molar-refractivity contribution in [3.8, 4) is 11.1 Å². The molecule has 30 heavy (non-hydrogen) atoms. The highest BCUT2D eigenvalue weighted by Crippen LogP contribution is 2.44. The Bertz CT molecular complexity index is 1130. The number of halogens is 4. The van der Waals surface area contributed by atoms with Crippen LogP contribution in [-0.2, 0) is 17.5 Å². The molecule has 4 nitrogen and oxygen atoms in total. The minimum absolute atomic E-state index is 0.101. The zero-order chi connectivity index (χ0) is 21.5. The highest BCUT2D eigenvalue weighted by molar-refractivity contribution is 7.16. The monoisotopic (exact) mass is 449 g/mol. The quantitative estimate of drug-likeness (QED) is 0.493. The summed E-state index contributed by atoms with van der Waals surface area (Å²) in [6.45, 7) is 4.23. The summed E-state index contributed by atoms with van der Waals surface area (Å²) >= 11 is 7.59. The standard InChI is InChI=1S/C21H15ClF3N3OS/c1-2-19(29)28-9-16(14-7-18(22)30-17(14)10-28)13-6-4-3-5-12(13)15-8-26-11-27-20(15)21(23,24)25/h2-8,11,16H,1,9-10H2. The zero-order valence-electron chi connectivity index (χ0n) is 15.5. The summed E-state index contributed by atoms with van der Waals surface area (Å²) in [5.74, 6) is -0.592. The van der Waals surface area contributed by atoms with Crippen LogP contribution in [0.4, 0.5) is 13.2 Å². The van der Waals surface area contributed by atoms with E-state index in [1.54, 1.807) is 29.2 Å². The fourth-order valence-corrected chi connectivity index (χ4v) is 5.10. The van der Waals surface area contributed by atoms with Gasteiger partial charge in [-0.3, -0.25) is 4.79 Å². The molecule has 9 heteroatoms. The highest BCUT2D eigenvalue weighted by atomic mass is 35.5. The molecular formula is C21H15ClF3N3OS. The van der Waals surface area contributed by atoms with Crippen LogP contribution >= 0.6 is 22.9 Å². The van der Waals surface area contributed by atoms with E-state index in [9.17, 15) is 18.0 Å². The summed E-state index contributed by atoms with van der Waals surface area (Å²) in [5, 5.41) is 0. The van der Waals surface area contributed by atoms with E-state index in [0.717, 1.165) is 16.8 Å². The van der Waals surface area contributed by atoms with Crippen molar-refractivity contribution < 1.29 is 18.0 Å². The molecule has 1 aliphatic rings. The van der Waals surface area contributed by atoms with Crippen molar-refractivity contribution in [2.75, 3.05) is 6.54 Å². The molecule has 1 unspecified atom stereocenters. The van der Waals surface area contributed by atoms with Gasteiger partial charge < -0.3 is 4.90 Å². The van der Waals surface area contributed by atoms with Gasteiger partial charge in [-0.1, -0.05) is 42.4 Å². The number of alkyl halides is 3. The van der Waals surface area contributed by atoms with Crippen molar-refractivity contribution in [2.24, 2.45) is 0 Å². The second kappa shape index (κ2) is 7.85. The minimum Gasteiger partial charge on any atom is -0.333 e. The summed E-state index contributed by atoms with van der Waals surface area (Å²) in [6.07, 6.45) is -1.34. The summed E-state index contributed by atoms with van der Waals surface area (Å²) in [5.41, 5.74) is 0.835. The second-order valence-electron chi connectivity index (χ2n) is 6.77. The van der Waals surface area contributed by atoms with Crippen molar-refractivity contribution in [2.45, 2.75) is 18.6 Å². The predicted molar refractivity (Wildman–Crippen MR) is 109 cm³/mol. The average Bonchev–Trinajstić information content (AvgIpc) is 3.12. The Hall–Kier alpha value is -2.71. The first-order valence-corrected chi connectivity index (χ1v) is 10.1. The van der Waals surface area contributed by atoms with Crippen molar-refractivity contribution in [1.29, 1.82) is 0 Å². The lowest BCUT2D eigenvalue weighted by Gasteiger charge is -2.33. The third kappa shape index (κ3) is 3.73. The van der Waals surface area contributed by atoms with Gasteiger partial charge in [0.15, 0.2) is 5.69 Å². The number of benzene rings is 1. The van der Waals surface area contributed by atoms with E-state index in [1.165, 1.54) is 23.6 Å². The van der Waals surface area contributed by atoms with Gasteiger partial charge >= 0.3 is 6.18 Å². The van der Waals surface area contributed by atoms with Crippen LogP contribution in [0.15, 0.2) is 55.5 Å². The van der Waals surface area contributed by atoms with Gasteiger partial charge in [-0.25, -0.2) is 9.97 Å². The number of hydrogen-bond donors (Lipinski definition) is 0.